The average Bonchev–Trinajstić information content (AvgIpc) is 3.23. The van der Waals surface area contributed by atoms with Gasteiger partial charge in [-0.05, 0) is 31.5 Å². The largest absolute Gasteiger partial charge is 0.361 e. The maximum atomic E-state index is 12.5. The van der Waals surface area contributed by atoms with E-state index in [2.05, 4.69) is 16.7 Å². The summed E-state index contributed by atoms with van der Waals surface area (Å²) < 4.78 is 31.1. The van der Waals surface area contributed by atoms with Crippen molar-refractivity contribution in [1.82, 2.24) is 14.4 Å². The van der Waals surface area contributed by atoms with Crippen LogP contribution in [-0.4, -0.2) is 48.4 Å². The first-order chi connectivity index (χ1) is 13.3. The van der Waals surface area contributed by atoms with Gasteiger partial charge in [-0.1, -0.05) is 29.1 Å². The Labute approximate surface area is 166 Å². The van der Waals surface area contributed by atoms with Crippen molar-refractivity contribution < 1.29 is 17.7 Å². The van der Waals surface area contributed by atoms with E-state index in [-0.39, 0.29) is 25.5 Å². The first kappa shape index (κ1) is 18.8. The average molecular weight is 419 g/mol. The maximum Gasteiger partial charge on any atom is 0.244 e. The summed E-state index contributed by atoms with van der Waals surface area (Å²) in [5, 5.41) is 5.42. The SMILES string of the molecule is C=CS(=O)(=O)N1CCN(c2nc3cc(-c4c(C)noc4C)ccc3s2)C(=O)C1. The summed E-state index contributed by atoms with van der Waals surface area (Å²) in [6.45, 7) is 7.30. The number of carbonyl (C=O) groups excluding carboxylic acids is 1. The third kappa shape index (κ3) is 3.13. The van der Waals surface area contributed by atoms with Gasteiger partial charge in [0.2, 0.25) is 15.9 Å². The molecule has 0 bridgehead atoms. The minimum absolute atomic E-state index is 0.209. The number of hydrogen-bond donors (Lipinski definition) is 0. The van der Waals surface area contributed by atoms with Gasteiger partial charge >= 0.3 is 0 Å². The molecule has 3 aromatic rings. The van der Waals surface area contributed by atoms with Crippen molar-refractivity contribution in [3.63, 3.8) is 0 Å². The number of fused-ring (bicyclic) bond motifs is 1. The maximum absolute atomic E-state index is 12.5. The number of sulfonamides is 1. The molecule has 1 amide bonds. The highest BCUT2D eigenvalue weighted by molar-refractivity contribution is 7.92. The highest BCUT2D eigenvalue weighted by Crippen LogP contribution is 2.34. The van der Waals surface area contributed by atoms with Gasteiger partial charge < -0.3 is 4.52 Å². The topological polar surface area (TPSA) is 96.6 Å². The molecule has 146 valence electrons. The molecule has 0 N–H and O–H groups in total. The molecule has 0 atom stereocenters. The minimum atomic E-state index is -3.61. The number of aromatic nitrogens is 2. The molecule has 3 heterocycles. The van der Waals surface area contributed by atoms with Crippen LogP contribution in [0, 0.1) is 13.8 Å². The Hall–Kier alpha value is -2.56. The monoisotopic (exact) mass is 418 g/mol. The molecule has 2 aromatic heterocycles. The molecule has 4 rings (SSSR count). The fourth-order valence-electron chi connectivity index (χ4n) is 3.26. The van der Waals surface area contributed by atoms with Crippen LogP contribution in [0.3, 0.4) is 0 Å². The van der Waals surface area contributed by atoms with Crippen LogP contribution in [0.2, 0.25) is 0 Å². The van der Waals surface area contributed by atoms with Crippen molar-refractivity contribution in [1.29, 1.82) is 0 Å². The predicted molar refractivity (Wildman–Crippen MR) is 108 cm³/mol. The van der Waals surface area contributed by atoms with E-state index in [1.165, 1.54) is 16.2 Å². The van der Waals surface area contributed by atoms with Crippen molar-refractivity contribution in [2.24, 2.45) is 0 Å². The second kappa shape index (κ2) is 6.80. The normalized spacial score (nSPS) is 16.1. The molecular weight excluding hydrogens is 400 g/mol. The summed E-state index contributed by atoms with van der Waals surface area (Å²) in [4.78, 5) is 18.7. The summed E-state index contributed by atoms with van der Waals surface area (Å²) >= 11 is 1.40. The Morgan fingerprint density at radius 2 is 2.07 bits per heavy atom. The van der Waals surface area contributed by atoms with Gasteiger partial charge in [0.05, 0.1) is 22.5 Å². The number of piperazine rings is 1. The molecule has 0 radical (unpaired) electrons. The summed E-state index contributed by atoms with van der Waals surface area (Å²) in [6, 6.07) is 5.89. The van der Waals surface area contributed by atoms with E-state index in [0.717, 1.165) is 42.5 Å². The Kier molecular flexibility index (Phi) is 4.56. The number of amides is 1. The summed E-state index contributed by atoms with van der Waals surface area (Å²) in [6.07, 6.45) is 0. The minimum Gasteiger partial charge on any atom is -0.361 e. The number of thiazole rings is 1. The van der Waals surface area contributed by atoms with Gasteiger partial charge in [-0.15, -0.1) is 0 Å². The summed E-state index contributed by atoms with van der Waals surface area (Å²) in [5.41, 5.74) is 3.47. The fourth-order valence-corrected chi connectivity index (χ4v) is 5.08. The lowest BCUT2D eigenvalue weighted by atomic mass is 10.0. The lowest BCUT2D eigenvalue weighted by Gasteiger charge is -2.31. The van der Waals surface area contributed by atoms with Crippen molar-refractivity contribution in [3.05, 3.63) is 41.6 Å². The van der Waals surface area contributed by atoms with Crippen LogP contribution in [0.15, 0.2) is 34.7 Å². The molecule has 1 saturated heterocycles. The lowest BCUT2D eigenvalue weighted by Crippen LogP contribution is -2.51. The quantitative estimate of drug-likeness (QED) is 0.646. The van der Waals surface area contributed by atoms with E-state index in [9.17, 15) is 13.2 Å². The Morgan fingerprint density at radius 1 is 1.29 bits per heavy atom. The first-order valence-electron chi connectivity index (χ1n) is 8.57. The van der Waals surface area contributed by atoms with Gasteiger partial charge in [-0.3, -0.25) is 9.69 Å². The molecule has 1 fully saturated rings. The Balaban J connectivity index is 1.64. The third-order valence-corrected chi connectivity index (χ3v) is 7.20. The number of aryl methyl sites for hydroxylation is 2. The van der Waals surface area contributed by atoms with E-state index in [1.54, 1.807) is 0 Å². The molecule has 1 aliphatic rings. The Morgan fingerprint density at radius 3 is 2.71 bits per heavy atom. The van der Waals surface area contributed by atoms with Crippen molar-refractivity contribution in [2.75, 3.05) is 24.5 Å². The van der Waals surface area contributed by atoms with Gasteiger partial charge in [0, 0.05) is 24.1 Å². The summed E-state index contributed by atoms with van der Waals surface area (Å²) in [5.74, 6) is 0.434. The summed E-state index contributed by atoms with van der Waals surface area (Å²) in [7, 11) is -3.61. The zero-order chi connectivity index (χ0) is 20.1. The molecular formula is C18H18N4O4S2. The standard InChI is InChI=1S/C18H18N4O4S2/c1-4-28(24,25)21-7-8-22(16(23)10-21)18-19-14-9-13(5-6-15(14)27-18)17-11(2)20-26-12(17)3/h4-6,9H,1,7-8,10H2,2-3H3. The zero-order valence-corrected chi connectivity index (χ0v) is 17.0. The van der Waals surface area contributed by atoms with Gasteiger partial charge in [-0.2, -0.15) is 4.31 Å². The van der Waals surface area contributed by atoms with Crippen LogP contribution >= 0.6 is 11.3 Å². The second-order valence-corrected chi connectivity index (χ2v) is 9.36. The molecule has 10 heteroatoms. The smallest absolute Gasteiger partial charge is 0.244 e. The van der Waals surface area contributed by atoms with Crippen LogP contribution in [0.5, 0.6) is 0 Å². The molecule has 0 unspecified atom stereocenters. The van der Waals surface area contributed by atoms with Crippen LogP contribution in [-0.2, 0) is 14.8 Å². The number of anilines is 1. The van der Waals surface area contributed by atoms with Gasteiger partial charge in [0.25, 0.3) is 0 Å². The van der Waals surface area contributed by atoms with Gasteiger partial charge in [-0.25, -0.2) is 13.4 Å². The molecule has 28 heavy (non-hydrogen) atoms. The third-order valence-electron chi connectivity index (χ3n) is 4.69. The number of benzene rings is 1. The van der Waals surface area contributed by atoms with Gasteiger partial charge in [0.15, 0.2) is 5.13 Å². The molecule has 1 aromatic carbocycles. The number of nitrogens with zero attached hydrogens (tertiary/aromatic N) is 4. The van der Waals surface area contributed by atoms with Crippen LogP contribution in [0.4, 0.5) is 5.13 Å². The number of carbonyl (C=O) groups is 1. The van der Waals surface area contributed by atoms with Crippen LogP contribution in [0.25, 0.3) is 21.3 Å². The second-order valence-electron chi connectivity index (χ2n) is 6.47. The van der Waals surface area contributed by atoms with Crippen LogP contribution in [0.1, 0.15) is 11.5 Å². The van der Waals surface area contributed by atoms with E-state index in [0.29, 0.717) is 5.13 Å². The highest BCUT2D eigenvalue weighted by Gasteiger charge is 2.32. The number of hydrogen-bond acceptors (Lipinski definition) is 7. The van der Waals surface area contributed by atoms with Crippen molar-refractivity contribution in [2.45, 2.75) is 13.8 Å². The predicted octanol–water partition coefficient (Wildman–Crippen LogP) is 2.69. The molecule has 8 nitrogen and oxygen atoms in total. The zero-order valence-electron chi connectivity index (χ0n) is 15.4. The van der Waals surface area contributed by atoms with E-state index < -0.39 is 10.0 Å². The molecule has 0 saturated carbocycles. The van der Waals surface area contributed by atoms with Crippen molar-refractivity contribution in [3.8, 4) is 11.1 Å². The Bertz CT molecular complexity index is 1180. The molecule has 0 spiro atoms. The lowest BCUT2D eigenvalue weighted by molar-refractivity contribution is -0.119. The fraction of sp³-hybridized carbons (Fsp3) is 0.278. The number of rotatable bonds is 4. The van der Waals surface area contributed by atoms with E-state index in [1.807, 2.05) is 32.0 Å². The van der Waals surface area contributed by atoms with Crippen molar-refractivity contribution >= 4 is 42.6 Å². The highest BCUT2D eigenvalue weighted by atomic mass is 32.2. The van der Waals surface area contributed by atoms with E-state index >= 15 is 0 Å². The van der Waals surface area contributed by atoms with Crippen LogP contribution < -0.4 is 4.90 Å². The molecule has 0 aliphatic carbocycles. The van der Waals surface area contributed by atoms with Gasteiger partial charge in [0.1, 0.15) is 5.76 Å². The van der Waals surface area contributed by atoms with E-state index in [4.69, 9.17) is 4.52 Å². The first-order valence-corrected chi connectivity index (χ1v) is 10.9. The molecule has 1 aliphatic heterocycles.